The fraction of sp³-hybridized carbons (Fsp3) is 0.562. The smallest absolute Gasteiger partial charge is 0.226 e. The van der Waals surface area contributed by atoms with Gasteiger partial charge in [0.25, 0.3) is 0 Å². The van der Waals surface area contributed by atoms with Crippen molar-refractivity contribution in [3.63, 3.8) is 0 Å². The highest BCUT2D eigenvalue weighted by Crippen LogP contribution is 2.26. The number of hydrogen-bond acceptors (Lipinski definition) is 6. The molecule has 8 heteroatoms. The van der Waals surface area contributed by atoms with Crippen LogP contribution >= 0.6 is 15.9 Å². The van der Waals surface area contributed by atoms with Gasteiger partial charge < -0.3 is 29.0 Å². The number of ether oxygens (including phenoxy) is 5. The van der Waals surface area contributed by atoms with Gasteiger partial charge in [0.15, 0.2) is 6.79 Å². The lowest BCUT2D eigenvalue weighted by Gasteiger charge is -2.10. The van der Waals surface area contributed by atoms with E-state index in [2.05, 4.69) is 21.2 Å². The van der Waals surface area contributed by atoms with Gasteiger partial charge in [-0.05, 0) is 33.6 Å². The van der Waals surface area contributed by atoms with Crippen LogP contribution in [0.4, 0.5) is 0 Å². The summed E-state index contributed by atoms with van der Waals surface area (Å²) in [6.07, 6.45) is 0.261. The average molecular weight is 406 g/mol. The second-order valence-electron chi connectivity index (χ2n) is 4.75. The van der Waals surface area contributed by atoms with Gasteiger partial charge in [0.2, 0.25) is 5.91 Å². The predicted molar refractivity (Wildman–Crippen MR) is 92.0 cm³/mol. The summed E-state index contributed by atoms with van der Waals surface area (Å²) in [5.41, 5.74) is 0.865. The molecule has 0 aliphatic rings. The minimum Gasteiger partial charge on any atom is -0.466 e. The van der Waals surface area contributed by atoms with Crippen molar-refractivity contribution in [2.24, 2.45) is 0 Å². The third-order valence-electron chi connectivity index (χ3n) is 2.89. The van der Waals surface area contributed by atoms with Gasteiger partial charge in [0, 0.05) is 14.2 Å². The molecule has 0 heterocycles. The molecule has 0 aromatic heterocycles. The Kier molecular flexibility index (Phi) is 11.4. The monoisotopic (exact) mass is 405 g/mol. The van der Waals surface area contributed by atoms with Crippen LogP contribution in [-0.2, 0) is 30.2 Å². The topological polar surface area (TPSA) is 75.3 Å². The van der Waals surface area contributed by atoms with Crippen LogP contribution in [0.5, 0.6) is 5.75 Å². The maximum Gasteiger partial charge on any atom is 0.226 e. The van der Waals surface area contributed by atoms with E-state index in [0.29, 0.717) is 32.2 Å². The highest BCUT2D eigenvalue weighted by Gasteiger charge is 2.07. The van der Waals surface area contributed by atoms with Gasteiger partial charge in [-0.3, -0.25) is 4.79 Å². The molecule has 0 aliphatic carbocycles. The van der Waals surface area contributed by atoms with E-state index in [9.17, 15) is 4.79 Å². The molecule has 0 saturated carbocycles. The predicted octanol–water partition coefficient (Wildman–Crippen LogP) is 1.73. The van der Waals surface area contributed by atoms with Crippen LogP contribution in [-0.4, -0.2) is 60.1 Å². The number of amides is 1. The van der Waals surface area contributed by atoms with Gasteiger partial charge in [-0.1, -0.05) is 6.07 Å². The van der Waals surface area contributed by atoms with Gasteiger partial charge >= 0.3 is 0 Å². The van der Waals surface area contributed by atoms with Crippen LogP contribution in [0.1, 0.15) is 5.56 Å². The Labute approximate surface area is 150 Å². The Morgan fingerprint density at radius 3 is 2.46 bits per heavy atom. The molecular formula is C16H24BrNO6. The summed E-state index contributed by atoms with van der Waals surface area (Å²) in [5, 5.41) is 2.68. The first-order valence-electron chi connectivity index (χ1n) is 7.48. The number of halogens is 1. The molecule has 1 N–H and O–H groups in total. The van der Waals surface area contributed by atoms with E-state index in [4.69, 9.17) is 23.7 Å². The van der Waals surface area contributed by atoms with E-state index in [1.165, 1.54) is 0 Å². The first kappa shape index (κ1) is 20.9. The molecule has 1 amide bonds. The summed E-state index contributed by atoms with van der Waals surface area (Å²) in [6, 6.07) is 5.47. The first-order valence-corrected chi connectivity index (χ1v) is 8.28. The number of methoxy groups -OCH3 is 2. The Morgan fingerprint density at radius 1 is 1.08 bits per heavy atom. The van der Waals surface area contributed by atoms with Crippen molar-refractivity contribution in [3.05, 3.63) is 28.2 Å². The van der Waals surface area contributed by atoms with Crippen LogP contribution < -0.4 is 10.1 Å². The number of hydrogen-bond donors (Lipinski definition) is 1. The normalized spacial score (nSPS) is 10.6. The van der Waals surface area contributed by atoms with E-state index in [1.807, 2.05) is 12.1 Å². The minimum atomic E-state index is -0.115. The minimum absolute atomic E-state index is 0.115. The lowest BCUT2D eigenvalue weighted by Crippen LogP contribution is -2.28. The summed E-state index contributed by atoms with van der Waals surface area (Å²) < 4.78 is 26.4. The molecule has 0 saturated heterocycles. The van der Waals surface area contributed by atoms with E-state index >= 15 is 0 Å². The molecular weight excluding hydrogens is 382 g/mol. The largest absolute Gasteiger partial charge is 0.466 e. The Hall–Kier alpha value is -1.19. The van der Waals surface area contributed by atoms with Crippen molar-refractivity contribution >= 4 is 21.8 Å². The summed E-state index contributed by atoms with van der Waals surface area (Å²) in [5.74, 6) is 0.537. The molecule has 0 fully saturated rings. The van der Waals surface area contributed by atoms with E-state index < -0.39 is 0 Å². The van der Waals surface area contributed by atoms with Crippen molar-refractivity contribution in [1.82, 2.24) is 5.32 Å². The average Bonchev–Trinajstić information content (AvgIpc) is 2.56. The highest BCUT2D eigenvalue weighted by atomic mass is 79.9. The van der Waals surface area contributed by atoms with Crippen molar-refractivity contribution in [3.8, 4) is 5.75 Å². The van der Waals surface area contributed by atoms with E-state index in [1.54, 1.807) is 20.3 Å². The Morgan fingerprint density at radius 2 is 1.79 bits per heavy atom. The first-order chi connectivity index (χ1) is 11.7. The van der Waals surface area contributed by atoms with E-state index in [0.717, 1.165) is 10.0 Å². The molecule has 7 nitrogen and oxygen atoms in total. The molecule has 0 spiro atoms. The van der Waals surface area contributed by atoms with Gasteiger partial charge in [0.1, 0.15) is 12.5 Å². The van der Waals surface area contributed by atoms with Crippen molar-refractivity contribution in [1.29, 1.82) is 0 Å². The molecule has 136 valence electrons. The quantitative estimate of drug-likeness (QED) is 0.397. The molecule has 24 heavy (non-hydrogen) atoms. The van der Waals surface area contributed by atoms with Crippen LogP contribution in [0, 0.1) is 0 Å². The summed E-state index contributed by atoms with van der Waals surface area (Å²) >= 11 is 3.43. The van der Waals surface area contributed by atoms with Crippen LogP contribution in [0.25, 0.3) is 0 Å². The standard InChI is InChI=1S/C16H24BrNO6/c1-20-5-7-22-11-18-16(19)10-13-3-4-15(14(17)9-13)24-12-23-8-6-21-2/h3-4,9H,5-8,10-12H2,1-2H3,(H,18,19). The summed E-state index contributed by atoms with van der Waals surface area (Å²) in [6.45, 7) is 2.25. The number of carbonyl (C=O) groups excluding carboxylic acids is 1. The van der Waals surface area contributed by atoms with Crippen molar-refractivity contribution < 1.29 is 28.5 Å². The number of nitrogens with one attached hydrogen (secondary N) is 1. The Balaban J connectivity index is 2.31. The third-order valence-corrected chi connectivity index (χ3v) is 3.51. The summed E-state index contributed by atoms with van der Waals surface area (Å²) in [4.78, 5) is 11.8. The molecule has 0 radical (unpaired) electrons. The highest BCUT2D eigenvalue weighted by molar-refractivity contribution is 9.10. The third kappa shape index (κ3) is 9.19. The van der Waals surface area contributed by atoms with Crippen molar-refractivity contribution in [2.45, 2.75) is 6.42 Å². The van der Waals surface area contributed by atoms with Crippen LogP contribution in [0.15, 0.2) is 22.7 Å². The number of rotatable bonds is 13. The molecule has 1 rings (SSSR count). The maximum absolute atomic E-state index is 11.8. The lowest BCUT2D eigenvalue weighted by molar-refractivity contribution is -0.122. The zero-order chi connectivity index (χ0) is 17.6. The fourth-order valence-electron chi connectivity index (χ4n) is 1.67. The molecule has 1 aromatic rings. The second kappa shape index (κ2) is 13.1. The zero-order valence-corrected chi connectivity index (χ0v) is 15.6. The van der Waals surface area contributed by atoms with Gasteiger partial charge in [-0.25, -0.2) is 0 Å². The second-order valence-corrected chi connectivity index (χ2v) is 5.60. The van der Waals surface area contributed by atoms with Crippen LogP contribution in [0.3, 0.4) is 0 Å². The van der Waals surface area contributed by atoms with Gasteiger partial charge in [0.05, 0.1) is 37.3 Å². The van der Waals surface area contributed by atoms with Crippen molar-refractivity contribution in [2.75, 3.05) is 54.2 Å². The Bertz CT molecular complexity index is 486. The molecule has 0 atom stereocenters. The number of benzene rings is 1. The molecule has 1 aromatic carbocycles. The summed E-state index contributed by atoms with van der Waals surface area (Å²) in [7, 11) is 3.21. The SMILES string of the molecule is COCCOCNC(=O)Cc1ccc(OCOCCOC)c(Br)c1. The molecule has 0 bridgehead atoms. The van der Waals surface area contributed by atoms with Crippen LogP contribution in [0.2, 0.25) is 0 Å². The zero-order valence-electron chi connectivity index (χ0n) is 14.0. The molecule has 0 unspecified atom stereocenters. The van der Waals surface area contributed by atoms with Gasteiger partial charge in [-0.2, -0.15) is 0 Å². The van der Waals surface area contributed by atoms with Gasteiger partial charge in [-0.15, -0.1) is 0 Å². The lowest BCUT2D eigenvalue weighted by atomic mass is 10.1. The number of carbonyl (C=O) groups is 1. The van der Waals surface area contributed by atoms with E-state index in [-0.39, 0.29) is 25.9 Å². The maximum atomic E-state index is 11.8. The fourth-order valence-corrected chi connectivity index (χ4v) is 2.21. The molecule has 0 aliphatic heterocycles.